The number of benzene rings is 2. The van der Waals surface area contributed by atoms with Gasteiger partial charge in [-0.25, -0.2) is 4.79 Å². The molecule has 0 fully saturated rings. The Kier molecular flexibility index (Phi) is 4.78. The molecule has 0 atom stereocenters. The summed E-state index contributed by atoms with van der Waals surface area (Å²) in [4.78, 5) is 16.9. The number of hydrogen-bond acceptors (Lipinski definition) is 5. The molecule has 3 aromatic rings. The predicted molar refractivity (Wildman–Crippen MR) is 111 cm³/mol. The van der Waals surface area contributed by atoms with Crippen LogP contribution in [0.4, 0.5) is 0 Å². The number of aromatic nitrogens is 2. The molecular weight excluding hydrogens is 368 g/mol. The molecule has 6 heteroatoms. The molecule has 150 valence electrons. The highest BCUT2D eigenvalue weighted by Gasteiger charge is 2.22. The number of hydrogen-bond donors (Lipinski definition) is 0. The topological polar surface area (TPSA) is 62.6 Å². The first-order valence-corrected chi connectivity index (χ1v) is 9.54. The Morgan fingerprint density at radius 1 is 0.931 bits per heavy atom. The van der Waals surface area contributed by atoms with Crippen molar-refractivity contribution in [3.05, 3.63) is 63.1 Å². The van der Waals surface area contributed by atoms with Gasteiger partial charge in [0.25, 0.3) is 0 Å². The number of nitrogens with zero attached hydrogens (tertiary/aromatic N) is 2. The zero-order chi connectivity index (χ0) is 20.7. The van der Waals surface area contributed by atoms with Crippen LogP contribution in [0.3, 0.4) is 0 Å². The number of rotatable bonds is 4. The fraction of sp³-hybridized carbons (Fsp3) is 0.304. The molecule has 0 spiro atoms. The maximum atomic E-state index is 12.7. The van der Waals surface area contributed by atoms with Crippen LogP contribution in [0.5, 0.6) is 23.1 Å². The maximum absolute atomic E-state index is 12.7. The van der Waals surface area contributed by atoms with Gasteiger partial charge in [0.15, 0.2) is 11.5 Å². The summed E-state index contributed by atoms with van der Waals surface area (Å²) in [6, 6.07) is 9.81. The lowest BCUT2D eigenvalue weighted by molar-refractivity contribution is 0.354. The Morgan fingerprint density at radius 3 is 2.24 bits per heavy atom. The fourth-order valence-electron chi connectivity index (χ4n) is 4.01. The predicted octanol–water partition coefficient (Wildman–Crippen LogP) is 4.20. The first-order valence-electron chi connectivity index (χ1n) is 9.54. The minimum atomic E-state index is -0.319. The smallest absolute Gasteiger partial charge is 0.351 e. The van der Waals surface area contributed by atoms with Gasteiger partial charge in [0.05, 0.1) is 19.9 Å². The summed E-state index contributed by atoms with van der Waals surface area (Å²) >= 11 is 0. The van der Waals surface area contributed by atoms with Gasteiger partial charge in [-0.2, -0.15) is 4.98 Å². The molecule has 2 aromatic carbocycles. The lowest BCUT2D eigenvalue weighted by Gasteiger charge is -2.23. The van der Waals surface area contributed by atoms with Crippen LogP contribution in [-0.4, -0.2) is 23.8 Å². The van der Waals surface area contributed by atoms with Gasteiger partial charge in [0, 0.05) is 18.2 Å². The average Bonchev–Trinajstić information content (AvgIpc) is 2.69. The Bertz CT molecular complexity index is 1140. The van der Waals surface area contributed by atoms with E-state index in [2.05, 4.69) is 17.1 Å². The van der Waals surface area contributed by atoms with E-state index >= 15 is 0 Å². The molecule has 1 aliphatic heterocycles. The van der Waals surface area contributed by atoms with Crippen molar-refractivity contribution >= 4 is 0 Å². The molecule has 0 aliphatic carbocycles. The van der Waals surface area contributed by atoms with Crippen molar-refractivity contribution in [2.45, 2.75) is 33.7 Å². The average molecular weight is 392 g/mol. The van der Waals surface area contributed by atoms with E-state index < -0.39 is 0 Å². The summed E-state index contributed by atoms with van der Waals surface area (Å²) in [7, 11) is 3.22. The SMILES string of the molecule is COc1cc2c(cc1OC)-c1cc(Oc3c(C)cc(C)cc3C)nc(=O)n1CC2. The zero-order valence-corrected chi connectivity index (χ0v) is 17.3. The van der Waals surface area contributed by atoms with Gasteiger partial charge >= 0.3 is 5.69 Å². The van der Waals surface area contributed by atoms with Crippen molar-refractivity contribution in [3.8, 4) is 34.4 Å². The van der Waals surface area contributed by atoms with E-state index in [-0.39, 0.29) is 5.69 Å². The number of methoxy groups -OCH3 is 2. The highest BCUT2D eigenvalue weighted by Crippen LogP contribution is 2.39. The van der Waals surface area contributed by atoms with E-state index in [4.69, 9.17) is 14.2 Å². The first kappa shape index (κ1) is 19.1. The van der Waals surface area contributed by atoms with E-state index in [1.54, 1.807) is 18.8 Å². The molecule has 0 N–H and O–H groups in total. The van der Waals surface area contributed by atoms with E-state index in [0.29, 0.717) is 23.9 Å². The fourth-order valence-corrected chi connectivity index (χ4v) is 4.01. The van der Waals surface area contributed by atoms with Crippen LogP contribution in [0, 0.1) is 20.8 Å². The molecule has 1 aliphatic rings. The molecule has 0 unspecified atom stereocenters. The Hall–Kier alpha value is -3.28. The second-order valence-electron chi connectivity index (χ2n) is 7.36. The second-order valence-corrected chi connectivity index (χ2v) is 7.36. The van der Waals surface area contributed by atoms with Gasteiger partial charge in [0.2, 0.25) is 5.88 Å². The van der Waals surface area contributed by atoms with Gasteiger partial charge in [-0.3, -0.25) is 4.57 Å². The maximum Gasteiger partial charge on any atom is 0.351 e. The van der Waals surface area contributed by atoms with E-state index in [9.17, 15) is 4.79 Å². The third-order valence-corrected chi connectivity index (χ3v) is 5.29. The number of fused-ring (bicyclic) bond motifs is 3. The molecule has 0 bridgehead atoms. The summed E-state index contributed by atoms with van der Waals surface area (Å²) in [6.07, 6.45) is 0.723. The van der Waals surface area contributed by atoms with Crippen LogP contribution in [0.25, 0.3) is 11.3 Å². The minimum absolute atomic E-state index is 0.291. The third-order valence-electron chi connectivity index (χ3n) is 5.29. The second kappa shape index (κ2) is 7.28. The van der Waals surface area contributed by atoms with Crippen molar-refractivity contribution in [1.82, 2.24) is 9.55 Å². The normalized spacial score (nSPS) is 12.2. The standard InChI is InChI=1S/C23H24N2O4/c1-13-8-14(2)22(15(3)9-13)29-21-12-18-17-11-20(28-5)19(27-4)10-16(17)6-7-25(18)23(26)24-21/h8-12H,6-7H2,1-5H3. The van der Waals surface area contributed by atoms with Gasteiger partial charge in [-0.15, -0.1) is 0 Å². The van der Waals surface area contributed by atoms with Crippen LogP contribution in [0.1, 0.15) is 22.3 Å². The number of aryl methyl sites for hydroxylation is 4. The first-order chi connectivity index (χ1) is 13.9. The summed E-state index contributed by atoms with van der Waals surface area (Å²) in [6.45, 7) is 6.60. The van der Waals surface area contributed by atoms with E-state index in [0.717, 1.165) is 40.1 Å². The molecule has 29 heavy (non-hydrogen) atoms. The van der Waals surface area contributed by atoms with Crippen LogP contribution in [-0.2, 0) is 13.0 Å². The lowest BCUT2D eigenvalue weighted by atomic mass is 9.97. The van der Waals surface area contributed by atoms with E-state index in [1.807, 2.05) is 39.0 Å². The van der Waals surface area contributed by atoms with Crippen LogP contribution < -0.4 is 19.9 Å². The highest BCUT2D eigenvalue weighted by atomic mass is 16.5. The molecule has 0 saturated carbocycles. The number of ether oxygens (including phenoxy) is 3. The summed E-state index contributed by atoms with van der Waals surface area (Å²) in [5, 5.41) is 0. The van der Waals surface area contributed by atoms with Gasteiger partial charge in [0.1, 0.15) is 5.75 Å². The van der Waals surface area contributed by atoms with Crippen molar-refractivity contribution in [2.75, 3.05) is 14.2 Å². The van der Waals surface area contributed by atoms with Crippen LogP contribution in [0.2, 0.25) is 0 Å². The lowest BCUT2D eigenvalue weighted by Crippen LogP contribution is -2.28. The summed E-state index contributed by atoms with van der Waals surface area (Å²) in [5.41, 5.74) is 5.66. The molecule has 0 saturated heterocycles. The molecule has 0 radical (unpaired) electrons. The molecule has 6 nitrogen and oxygen atoms in total. The third kappa shape index (κ3) is 3.35. The Morgan fingerprint density at radius 2 is 1.59 bits per heavy atom. The van der Waals surface area contributed by atoms with Gasteiger partial charge in [-0.1, -0.05) is 17.7 Å². The largest absolute Gasteiger partial charge is 0.493 e. The minimum Gasteiger partial charge on any atom is -0.493 e. The zero-order valence-electron chi connectivity index (χ0n) is 17.3. The molecule has 4 rings (SSSR count). The van der Waals surface area contributed by atoms with Crippen molar-refractivity contribution in [2.24, 2.45) is 0 Å². The van der Waals surface area contributed by atoms with Gasteiger partial charge < -0.3 is 14.2 Å². The van der Waals surface area contributed by atoms with Gasteiger partial charge in [-0.05, 0) is 56.0 Å². The summed E-state index contributed by atoms with van der Waals surface area (Å²) in [5.74, 6) is 2.32. The van der Waals surface area contributed by atoms with Crippen molar-refractivity contribution < 1.29 is 14.2 Å². The van der Waals surface area contributed by atoms with Crippen molar-refractivity contribution in [3.63, 3.8) is 0 Å². The van der Waals surface area contributed by atoms with Crippen LogP contribution in [0.15, 0.2) is 35.1 Å². The van der Waals surface area contributed by atoms with E-state index in [1.165, 1.54) is 5.56 Å². The highest BCUT2D eigenvalue weighted by molar-refractivity contribution is 5.70. The molecule has 2 heterocycles. The Balaban J connectivity index is 1.83. The Labute approximate surface area is 169 Å². The molecular formula is C23H24N2O4. The van der Waals surface area contributed by atoms with Crippen molar-refractivity contribution in [1.29, 1.82) is 0 Å². The molecule has 1 aromatic heterocycles. The van der Waals surface area contributed by atoms with Crippen LogP contribution >= 0.6 is 0 Å². The quantitative estimate of drug-likeness (QED) is 0.666. The summed E-state index contributed by atoms with van der Waals surface area (Å²) < 4.78 is 18.6. The monoisotopic (exact) mass is 392 g/mol. The molecule has 0 amide bonds.